The fourth-order valence-electron chi connectivity index (χ4n) is 0. The Labute approximate surface area is 29.8 Å². The molecule has 0 aliphatic heterocycles. The molecule has 0 spiro atoms. The van der Waals surface area contributed by atoms with E-state index >= 15 is 0 Å². The summed E-state index contributed by atoms with van der Waals surface area (Å²) in [5.74, 6) is 0. The Kier molecular flexibility index (Phi) is 2.31. The molecule has 1 unspecified atom stereocenters. The molecule has 3 heteroatoms. The van der Waals surface area contributed by atoms with Crippen molar-refractivity contribution >= 4 is 15.6 Å². The summed E-state index contributed by atoms with van der Waals surface area (Å²) in [7, 11) is -0.502. The molecule has 0 fully saturated rings. The zero-order valence-corrected chi connectivity index (χ0v) is 3.52. The molecule has 0 amide bonds. The quantitative estimate of drug-likeness (QED) is 0.332. The molecule has 0 saturated carbocycles. The van der Waals surface area contributed by atoms with E-state index in [0.29, 0.717) is 8.46 Å². The van der Waals surface area contributed by atoms with Crippen molar-refractivity contribution < 1.29 is 5.02 Å². The summed E-state index contributed by atoms with van der Waals surface area (Å²) in [6.45, 7) is 1.79. The van der Waals surface area contributed by atoms with E-state index in [0.717, 1.165) is 0 Å². The van der Waals surface area contributed by atoms with Gasteiger partial charge in [-0.05, 0) is 0 Å². The summed E-state index contributed by atoms with van der Waals surface area (Å²) in [5, 5.41) is 8.04. The lowest BCUT2D eigenvalue weighted by atomic mass is 10.6. The lowest BCUT2D eigenvalue weighted by Gasteiger charge is -1.65. The molecule has 0 aromatic heterocycles. The van der Waals surface area contributed by atoms with Crippen LogP contribution in [-0.2, 0) is 0 Å². The normalized spacial score (nSPS) is 13.0. The molecule has 0 aromatic rings. The third-order valence-corrected chi connectivity index (χ3v) is 0.387. The second-order valence-electron chi connectivity index (χ2n) is 0.418. The van der Waals surface area contributed by atoms with E-state index in [1.807, 2.05) is 0 Å². The van der Waals surface area contributed by atoms with Crippen LogP contribution in [0, 0.1) is 0 Å². The summed E-state index contributed by atoms with van der Waals surface area (Å²) in [6.07, 6.45) is 0. The van der Waals surface area contributed by atoms with Gasteiger partial charge in [0.05, 0.1) is 0 Å². The molecule has 0 aliphatic carbocycles. The Morgan fingerprint density at radius 2 is 2.75 bits per heavy atom. The van der Waals surface area contributed by atoms with Gasteiger partial charge >= 0.3 is 0 Å². The molecule has 0 radical (unpaired) electrons. The van der Waals surface area contributed by atoms with E-state index in [9.17, 15) is 0 Å². The van der Waals surface area contributed by atoms with Crippen LogP contribution >= 0.6 is 8.46 Å². The molecular formula is CH6BOP. The lowest BCUT2D eigenvalue weighted by molar-refractivity contribution is 0.622. The maximum atomic E-state index is 8.04. The molecule has 0 heterocycles. The van der Waals surface area contributed by atoms with Gasteiger partial charge in [-0.1, -0.05) is 6.66 Å². The fraction of sp³-hybridized carbons (Fsp3) is 1.00. The molecule has 1 nitrogen and oxygen atoms in total. The highest BCUT2D eigenvalue weighted by atomic mass is 31.1. The Morgan fingerprint density at radius 3 is 2.75 bits per heavy atom. The minimum absolute atomic E-state index is 0.336. The summed E-state index contributed by atoms with van der Waals surface area (Å²) in [4.78, 5) is 0. The van der Waals surface area contributed by atoms with Crippen molar-refractivity contribution in [3.05, 3.63) is 0 Å². The van der Waals surface area contributed by atoms with E-state index in [1.165, 1.54) is 0 Å². The van der Waals surface area contributed by atoms with Crippen LogP contribution in [0.2, 0.25) is 0 Å². The van der Waals surface area contributed by atoms with E-state index in [2.05, 4.69) is 0 Å². The second-order valence-corrected chi connectivity index (χ2v) is 1.25. The Bertz CT molecular complexity index is 25.6. The molecule has 0 saturated heterocycles. The molecule has 0 rings (SSSR count). The van der Waals surface area contributed by atoms with Crippen LogP contribution in [0.1, 0.15) is 0 Å². The molecular weight excluding hydrogens is 69.8 g/mol. The van der Waals surface area contributed by atoms with Crippen molar-refractivity contribution in [1.82, 2.24) is 0 Å². The summed E-state index contributed by atoms with van der Waals surface area (Å²) in [6, 6.07) is 0. The second kappa shape index (κ2) is 3.45. The van der Waals surface area contributed by atoms with Crippen LogP contribution in [0.3, 0.4) is 0 Å². The van der Waals surface area contributed by atoms with Crippen molar-refractivity contribution in [1.29, 1.82) is 1.34 Å². The van der Waals surface area contributed by atoms with Gasteiger partial charge in [-0.15, -0.1) is 8.46 Å². The first-order valence-electron chi connectivity index (χ1n) is 1.62. The van der Waals surface area contributed by atoms with Gasteiger partial charge in [0.1, 0.15) is 0 Å². The third-order valence-electron chi connectivity index (χ3n) is 0.129. The fourth-order valence-corrected chi connectivity index (χ4v) is 0. The topological polar surface area (TPSA) is 20.2 Å². The van der Waals surface area contributed by atoms with Crippen molar-refractivity contribution in [2.24, 2.45) is 0 Å². The number of hydrogen-bond acceptors (Lipinski definition) is 1. The van der Waals surface area contributed by atoms with Crippen LogP contribution in [0.4, 0.5) is 0 Å². The minimum atomic E-state index is -0.838. The first kappa shape index (κ1) is 2.68. The van der Waals surface area contributed by atoms with Gasteiger partial charge in [-0.2, -0.15) is 0 Å². The molecule has 4 heavy (non-hydrogen) atoms. The van der Waals surface area contributed by atoms with Crippen LogP contribution in [0.15, 0.2) is 0 Å². The monoisotopic (exact) mass is 78.0 g/mol. The maximum Gasteiger partial charge on any atom is 0.296 e. The van der Waals surface area contributed by atoms with E-state index in [4.69, 9.17) is 6.36 Å². The van der Waals surface area contributed by atoms with E-state index < -0.39 is 7.17 Å². The van der Waals surface area contributed by atoms with Gasteiger partial charge in [0.25, 0.3) is 7.17 Å². The lowest BCUT2D eigenvalue weighted by Crippen LogP contribution is -1.66. The predicted octanol–water partition coefficient (Wildman–Crippen LogP) is -0.447. The maximum absolute atomic E-state index is 8.04. The minimum Gasteiger partial charge on any atom is -0.449 e. The zero-order chi connectivity index (χ0) is 4.28. The van der Waals surface area contributed by atoms with Gasteiger partial charge in [0, 0.05) is 1.34 Å². The molecule has 24 valence electrons. The molecule has 1 N–H and O–H groups in total. The van der Waals surface area contributed by atoms with Gasteiger partial charge in [-0.25, -0.2) is 0 Å². The average molecular weight is 77.9 g/mol. The van der Waals surface area contributed by atoms with Crippen molar-refractivity contribution in [2.45, 2.75) is 0 Å². The van der Waals surface area contributed by atoms with Gasteiger partial charge in [0.15, 0.2) is 0 Å². The Balaban J connectivity index is 2.54. The Morgan fingerprint density at radius 1 is 2.50 bits per heavy atom. The standard InChI is InChI=1S/CH6BOP/c1-4-2-3/h2-4H,1H3/i2T. The summed E-state index contributed by atoms with van der Waals surface area (Å²) >= 11 is 0. The molecule has 0 aromatic carbocycles. The number of rotatable bonds is 1. The van der Waals surface area contributed by atoms with E-state index in [1.54, 1.807) is 6.66 Å². The van der Waals surface area contributed by atoms with Crippen molar-refractivity contribution in [2.75, 3.05) is 6.66 Å². The SMILES string of the molecule is [3H]B(O)PC. The van der Waals surface area contributed by atoms with Crippen molar-refractivity contribution in [3.8, 4) is 0 Å². The Hall–Kier alpha value is 0.455. The first-order chi connectivity index (χ1) is 2.27. The highest BCUT2D eigenvalue weighted by Crippen LogP contribution is 1.89. The largest absolute Gasteiger partial charge is 0.449 e. The van der Waals surface area contributed by atoms with Crippen LogP contribution < -0.4 is 0 Å². The highest BCUT2D eigenvalue weighted by Gasteiger charge is 1.63. The van der Waals surface area contributed by atoms with Crippen molar-refractivity contribution in [3.63, 3.8) is 0 Å². The van der Waals surface area contributed by atoms with Gasteiger partial charge in [-0.3, -0.25) is 0 Å². The van der Waals surface area contributed by atoms with Crippen LogP contribution in [0.5, 0.6) is 0 Å². The van der Waals surface area contributed by atoms with Crippen LogP contribution in [0.25, 0.3) is 0 Å². The summed E-state index contributed by atoms with van der Waals surface area (Å²) < 4.78 is 6.39. The summed E-state index contributed by atoms with van der Waals surface area (Å²) in [5.41, 5.74) is 0. The average Bonchev–Trinajstić information content (AvgIpc) is 1.38. The zero-order valence-electron chi connectivity index (χ0n) is 3.52. The predicted molar refractivity (Wildman–Crippen MR) is 23.6 cm³/mol. The highest BCUT2D eigenvalue weighted by molar-refractivity contribution is 7.68. The van der Waals surface area contributed by atoms with Gasteiger partial charge in [0.2, 0.25) is 0 Å². The molecule has 1 atom stereocenters. The van der Waals surface area contributed by atoms with Crippen LogP contribution in [-0.4, -0.2) is 20.2 Å². The molecule has 0 aliphatic rings. The third kappa shape index (κ3) is 2.45. The van der Waals surface area contributed by atoms with E-state index in [-0.39, 0.29) is 0 Å². The number of hydrogen-bond donors (Lipinski definition) is 1. The van der Waals surface area contributed by atoms with Gasteiger partial charge < -0.3 is 5.02 Å². The first-order valence-corrected chi connectivity index (χ1v) is 2.62. The smallest absolute Gasteiger partial charge is 0.296 e. The molecule has 0 bridgehead atoms.